The van der Waals surface area contributed by atoms with Crippen molar-refractivity contribution in [1.29, 1.82) is 0 Å². The minimum absolute atomic E-state index is 0.452. The van der Waals surface area contributed by atoms with Crippen LogP contribution in [0.5, 0.6) is 0 Å². The van der Waals surface area contributed by atoms with E-state index in [-0.39, 0.29) is 0 Å². The van der Waals surface area contributed by atoms with Crippen molar-refractivity contribution in [2.45, 2.75) is 0 Å². The summed E-state index contributed by atoms with van der Waals surface area (Å²) in [6.07, 6.45) is 0. The van der Waals surface area contributed by atoms with Crippen LogP contribution in [0.25, 0.3) is 0 Å². The summed E-state index contributed by atoms with van der Waals surface area (Å²) in [6.45, 7) is 4.72. The van der Waals surface area contributed by atoms with E-state index in [0.29, 0.717) is 5.17 Å². The summed E-state index contributed by atoms with van der Waals surface area (Å²) in [4.78, 5) is 2.35. The van der Waals surface area contributed by atoms with E-state index in [4.69, 9.17) is 16.3 Å². The van der Waals surface area contributed by atoms with E-state index in [2.05, 4.69) is 10.0 Å². The second-order valence-corrected chi connectivity index (χ2v) is 3.89. The molecule has 5 nitrogen and oxygen atoms in total. The van der Waals surface area contributed by atoms with Gasteiger partial charge in [0.05, 0.1) is 13.2 Å². The van der Waals surface area contributed by atoms with Gasteiger partial charge in [0, 0.05) is 25.4 Å². The van der Waals surface area contributed by atoms with Crippen LogP contribution in [0.2, 0.25) is 0 Å². The van der Waals surface area contributed by atoms with Crippen molar-refractivity contribution < 1.29 is 4.74 Å². The summed E-state index contributed by atoms with van der Waals surface area (Å²) in [5, 5.41) is 3.84. The molecule has 0 aromatic carbocycles. The van der Waals surface area contributed by atoms with Gasteiger partial charge in [-0.25, -0.2) is 0 Å². The van der Waals surface area contributed by atoms with Crippen molar-refractivity contribution in [1.82, 2.24) is 4.90 Å². The van der Waals surface area contributed by atoms with Crippen LogP contribution < -0.4 is 11.6 Å². The summed E-state index contributed by atoms with van der Waals surface area (Å²) in [5.74, 6) is 5.94. The number of hydrogen-bond acceptors (Lipinski definition) is 5. The lowest BCUT2D eigenvalue weighted by Crippen LogP contribution is -2.37. The number of nitrogens with zero attached hydrogens (tertiary/aromatic N) is 2. The van der Waals surface area contributed by atoms with E-state index in [1.54, 1.807) is 0 Å². The van der Waals surface area contributed by atoms with E-state index in [9.17, 15) is 0 Å². The van der Waals surface area contributed by atoms with Crippen LogP contribution in [0.1, 0.15) is 0 Å². The number of thioether (sulfide) groups is 1. The van der Waals surface area contributed by atoms with Crippen LogP contribution in [0.4, 0.5) is 0 Å². The maximum atomic E-state index is 5.43. The molecule has 4 N–H and O–H groups in total. The second-order valence-electron chi connectivity index (χ2n) is 2.77. The molecular formula is C7H16N4OS. The van der Waals surface area contributed by atoms with Gasteiger partial charge >= 0.3 is 0 Å². The first-order valence-electron chi connectivity index (χ1n) is 4.29. The fraction of sp³-hybridized carbons (Fsp3) is 0.857. The Morgan fingerprint density at radius 2 is 2.15 bits per heavy atom. The molecule has 0 aromatic heterocycles. The molecule has 0 unspecified atom stereocenters. The van der Waals surface area contributed by atoms with Crippen LogP contribution in [0.15, 0.2) is 5.10 Å². The van der Waals surface area contributed by atoms with E-state index in [1.165, 1.54) is 11.8 Å². The third-order valence-electron chi connectivity index (χ3n) is 1.89. The molecule has 1 aliphatic rings. The first-order chi connectivity index (χ1) is 6.33. The Hall–Kier alpha value is -0.460. The molecule has 1 aliphatic heterocycles. The Morgan fingerprint density at radius 3 is 2.77 bits per heavy atom. The molecule has 0 spiro atoms. The number of hydrazone groups is 1. The summed E-state index contributed by atoms with van der Waals surface area (Å²) >= 11 is 1.49. The van der Waals surface area contributed by atoms with E-state index in [1.807, 2.05) is 0 Å². The van der Waals surface area contributed by atoms with Gasteiger partial charge < -0.3 is 16.3 Å². The third kappa shape index (κ3) is 4.35. The predicted octanol–water partition coefficient (Wildman–Crippen LogP) is -0.760. The monoisotopic (exact) mass is 204 g/mol. The van der Waals surface area contributed by atoms with Crippen molar-refractivity contribution in [3.05, 3.63) is 0 Å². The number of nitrogens with two attached hydrogens (primary N) is 2. The van der Waals surface area contributed by atoms with E-state index in [0.717, 1.165) is 38.6 Å². The van der Waals surface area contributed by atoms with Crippen LogP contribution in [0.3, 0.4) is 0 Å². The van der Waals surface area contributed by atoms with Crippen LogP contribution in [-0.2, 0) is 4.74 Å². The Morgan fingerprint density at radius 1 is 1.46 bits per heavy atom. The van der Waals surface area contributed by atoms with Crippen molar-refractivity contribution in [2.24, 2.45) is 16.7 Å². The first kappa shape index (κ1) is 10.6. The van der Waals surface area contributed by atoms with Gasteiger partial charge in [0.15, 0.2) is 5.17 Å². The van der Waals surface area contributed by atoms with Gasteiger partial charge in [0.1, 0.15) is 0 Å². The number of hydrogen-bond donors (Lipinski definition) is 2. The summed E-state index contributed by atoms with van der Waals surface area (Å²) < 4.78 is 5.23. The van der Waals surface area contributed by atoms with Crippen LogP contribution >= 0.6 is 11.8 Å². The smallest absolute Gasteiger partial charge is 0.177 e. The molecule has 1 rings (SSSR count). The topological polar surface area (TPSA) is 76.9 Å². The zero-order valence-electron chi connectivity index (χ0n) is 7.61. The lowest BCUT2D eigenvalue weighted by molar-refractivity contribution is 0.0410. The Kier molecular flexibility index (Phi) is 4.95. The zero-order valence-corrected chi connectivity index (χ0v) is 8.42. The first-order valence-corrected chi connectivity index (χ1v) is 5.27. The summed E-state index contributed by atoms with van der Waals surface area (Å²) in [7, 11) is 0. The molecule has 0 amide bonds. The lowest BCUT2D eigenvalue weighted by atomic mass is 10.4. The van der Waals surface area contributed by atoms with Gasteiger partial charge in [-0.2, -0.15) is 5.10 Å². The van der Waals surface area contributed by atoms with Gasteiger partial charge in [-0.15, -0.1) is 0 Å². The maximum absolute atomic E-state index is 5.43. The predicted molar refractivity (Wildman–Crippen MR) is 55.5 cm³/mol. The van der Waals surface area contributed by atoms with Crippen LogP contribution in [-0.4, -0.2) is 48.7 Å². The molecule has 0 bridgehead atoms. The number of ether oxygens (including phenoxy) is 1. The second kappa shape index (κ2) is 6.06. The Bertz CT molecular complexity index is 170. The van der Waals surface area contributed by atoms with Gasteiger partial charge in [0.25, 0.3) is 0 Å². The van der Waals surface area contributed by atoms with Gasteiger partial charge in [-0.3, -0.25) is 4.90 Å². The van der Waals surface area contributed by atoms with Crippen molar-refractivity contribution in [3.63, 3.8) is 0 Å². The molecule has 0 radical (unpaired) electrons. The number of amidine groups is 1. The standard InChI is InChI=1S/C7H16N4OS/c8-7(10-9)13-6-3-11-1-4-12-5-2-11/h1-6,9H2,(H2,8,10). The third-order valence-corrected chi connectivity index (χ3v) is 2.68. The molecule has 13 heavy (non-hydrogen) atoms. The fourth-order valence-corrected chi connectivity index (χ4v) is 1.77. The largest absolute Gasteiger partial charge is 0.379 e. The molecule has 1 saturated heterocycles. The highest BCUT2D eigenvalue weighted by Gasteiger charge is 2.09. The normalized spacial score (nSPS) is 20.5. The quantitative estimate of drug-likeness (QED) is 0.273. The van der Waals surface area contributed by atoms with Crippen molar-refractivity contribution >= 4 is 16.9 Å². The minimum Gasteiger partial charge on any atom is -0.379 e. The Labute approximate surface area is 82.5 Å². The minimum atomic E-state index is 0.452. The average Bonchev–Trinajstić information content (AvgIpc) is 2.19. The summed E-state index contributed by atoms with van der Waals surface area (Å²) in [5.41, 5.74) is 5.43. The maximum Gasteiger partial charge on any atom is 0.177 e. The zero-order chi connectivity index (χ0) is 9.52. The highest BCUT2D eigenvalue weighted by Crippen LogP contribution is 2.02. The lowest BCUT2D eigenvalue weighted by Gasteiger charge is -2.26. The average molecular weight is 204 g/mol. The fourth-order valence-electron chi connectivity index (χ4n) is 1.14. The molecule has 76 valence electrons. The highest BCUT2D eigenvalue weighted by atomic mass is 32.2. The molecule has 0 atom stereocenters. The Balaban J connectivity index is 2.04. The molecular weight excluding hydrogens is 188 g/mol. The number of morpholine rings is 1. The molecule has 0 aliphatic carbocycles. The van der Waals surface area contributed by atoms with Crippen LogP contribution in [0, 0.1) is 0 Å². The SMILES string of the molecule is NN=C(N)SCCN1CCOCC1. The van der Waals surface area contributed by atoms with Gasteiger partial charge in [0.2, 0.25) is 0 Å². The molecule has 0 saturated carbocycles. The van der Waals surface area contributed by atoms with Gasteiger partial charge in [-0.1, -0.05) is 11.8 Å². The van der Waals surface area contributed by atoms with Crippen molar-refractivity contribution in [3.8, 4) is 0 Å². The van der Waals surface area contributed by atoms with E-state index < -0.39 is 0 Å². The summed E-state index contributed by atoms with van der Waals surface area (Å²) in [6, 6.07) is 0. The molecule has 6 heteroatoms. The van der Waals surface area contributed by atoms with Gasteiger partial charge in [-0.05, 0) is 0 Å². The molecule has 1 heterocycles. The van der Waals surface area contributed by atoms with E-state index >= 15 is 0 Å². The highest BCUT2D eigenvalue weighted by molar-refractivity contribution is 8.13. The van der Waals surface area contributed by atoms with Crippen molar-refractivity contribution in [2.75, 3.05) is 38.6 Å². The molecule has 0 aromatic rings. The number of rotatable bonds is 3. The molecule has 1 fully saturated rings.